The third-order valence-corrected chi connectivity index (χ3v) is 8.47. The molecule has 0 fully saturated rings. The third kappa shape index (κ3) is 4.14. The van der Waals surface area contributed by atoms with Crippen LogP contribution < -0.4 is 4.72 Å². The van der Waals surface area contributed by atoms with Crippen LogP contribution in [0, 0.1) is 0 Å². The Labute approximate surface area is 197 Å². The van der Waals surface area contributed by atoms with Crippen molar-refractivity contribution in [2.24, 2.45) is 0 Å². The van der Waals surface area contributed by atoms with E-state index in [1.54, 1.807) is 18.2 Å². The summed E-state index contributed by atoms with van der Waals surface area (Å²) >= 11 is 1.19. The first-order chi connectivity index (χ1) is 16.0. The maximum Gasteiger partial charge on any atom is 0.341 e. The lowest BCUT2D eigenvalue weighted by Gasteiger charge is -2.17. The topological polar surface area (TPSA) is 72.5 Å². The van der Waals surface area contributed by atoms with Crippen LogP contribution in [0.2, 0.25) is 0 Å². The molecule has 4 aromatic rings. The molecule has 0 radical (unpaired) electrons. The molecule has 0 spiro atoms. The highest BCUT2D eigenvalue weighted by Gasteiger charge is 2.25. The fourth-order valence-corrected chi connectivity index (χ4v) is 6.68. The van der Waals surface area contributed by atoms with Gasteiger partial charge in [0.1, 0.15) is 10.6 Å². The first-order valence-corrected chi connectivity index (χ1v) is 13.2. The molecule has 0 atom stereocenters. The molecule has 0 bridgehead atoms. The van der Waals surface area contributed by atoms with Gasteiger partial charge in [0.2, 0.25) is 0 Å². The van der Waals surface area contributed by atoms with Gasteiger partial charge in [-0.05, 0) is 65.3 Å². The van der Waals surface area contributed by atoms with Crippen LogP contribution in [0.25, 0.3) is 21.9 Å². The first-order valence-electron chi connectivity index (χ1n) is 10.8. The van der Waals surface area contributed by atoms with Gasteiger partial charge < -0.3 is 4.74 Å². The molecule has 0 saturated carbocycles. The Morgan fingerprint density at radius 3 is 2.48 bits per heavy atom. The van der Waals surface area contributed by atoms with Gasteiger partial charge in [0.05, 0.1) is 12.0 Å². The molecule has 0 saturated heterocycles. The van der Waals surface area contributed by atoms with E-state index in [9.17, 15) is 13.2 Å². The highest BCUT2D eigenvalue weighted by molar-refractivity contribution is 7.93. The summed E-state index contributed by atoms with van der Waals surface area (Å²) in [5.41, 5.74) is 4.44. The highest BCUT2D eigenvalue weighted by Crippen LogP contribution is 2.38. The average molecular weight is 478 g/mol. The van der Waals surface area contributed by atoms with Crippen molar-refractivity contribution >= 4 is 43.1 Å². The third-order valence-electron chi connectivity index (χ3n) is 6.10. The summed E-state index contributed by atoms with van der Waals surface area (Å²) in [7, 11) is -2.60. The molecule has 1 heterocycles. The smallest absolute Gasteiger partial charge is 0.341 e. The number of carbonyl (C=O) groups is 1. The molecule has 7 heteroatoms. The minimum absolute atomic E-state index is 0.140. The quantitative estimate of drug-likeness (QED) is 0.356. The van der Waals surface area contributed by atoms with Crippen molar-refractivity contribution in [3.63, 3.8) is 0 Å². The second kappa shape index (κ2) is 8.65. The molecule has 1 aliphatic rings. The largest absolute Gasteiger partial charge is 0.465 e. The monoisotopic (exact) mass is 477 g/mol. The molecule has 168 valence electrons. The van der Waals surface area contributed by atoms with Gasteiger partial charge in [0.15, 0.2) is 0 Å². The van der Waals surface area contributed by atoms with Gasteiger partial charge in [-0.1, -0.05) is 48.5 Å². The molecular formula is C26H23NO4S2. The Morgan fingerprint density at radius 2 is 1.70 bits per heavy atom. The van der Waals surface area contributed by atoms with E-state index < -0.39 is 16.0 Å². The van der Waals surface area contributed by atoms with Crippen LogP contribution in [0.15, 0.2) is 70.9 Å². The van der Waals surface area contributed by atoms with Gasteiger partial charge in [0.25, 0.3) is 10.0 Å². The molecule has 1 aliphatic carbocycles. The summed E-state index contributed by atoms with van der Waals surface area (Å²) in [6.07, 6.45) is 4.43. The fourth-order valence-electron chi connectivity index (χ4n) is 4.37. The van der Waals surface area contributed by atoms with Gasteiger partial charge >= 0.3 is 5.97 Å². The highest BCUT2D eigenvalue weighted by atomic mass is 32.2. The van der Waals surface area contributed by atoms with Crippen molar-refractivity contribution in [1.82, 2.24) is 0 Å². The lowest BCUT2D eigenvalue weighted by molar-refractivity contribution is 0.0603. The molecule has 3 aromatic carbocycles. The lowest BCUT2D eigenvalue weighted by atomic mass is 9.89. The molecule has 1 aromatic heterocycles. The molecule has 0 amide bonds. The van der Waals surface area contributed by atoms with Crippen molar-refractivity contribution < 1.29 is 17.9 Å². The average Bonchev–Trinajstić information content (AvgIpc) is 3.25. The van der Waals surface area contributed by atoms with Gasteiger partial charge in [0, 0.05) is 10.9 Å². The number of anilines is 1. The number of fused-ring (bicyclic) bond motifs is 2. The number of nitrogens with one attached hydrogen (secondary N) is 1. The molecular weight excluding hydrogens is 454 g/mol. The van der Waals surface area contributed by atoms with Crippen LogP contribution in [0.3, 0.4) is 0 Å². The van der Waals surface area contributed by atoms with Crippen molar-refractivity contribution in [2.75, 3.05) is 11.8 Å². The summed E-state index contributed by atoms with van der Waals surface area (Å²) in [6.45, 7) is 0. The Bertz CT molecular complexity index is 1470. The van der Waals surface area contributed by atoms with Crippen molar-refractivity contribution in [3.8, 4) is 11.1 Å². The number of hydrogen-bond acceptors (Lipinski definition) is 5. The number of thiophene rings is 1. The zero-order chi connectivity index (χ0) is 23.0. The summed E-state index contributed by atoms with van der Waals surface area (Å²) in [6, 6.07) is 18.8. The van der Waals surface area contributed by atoms with Crippen LogP contribution >= 0.6 is 11.3 Å². The lowest BCUT2D eigenvalue weighted by Crippen LogP contribution is -2.15. The minimum atomic E-state index is -3.90. The van der Waals surface area contributed by atoms with E-state index in [0.717, 1.165) is 35.6 Å². The van der Waals surface area contributed by atoms with Gasteiger partial charge in [-0.3, -0.25) is 4.72 Å². The molecule has 5 rings (SSSR count). The zero-order valence-electron chi connectivity index (χ0n) is 18.1. The van der Waals surface area contributed by atoms with Gasteiger partial charge in [-0.15, -0.1) is 11.3 Å². The maximum absolute atomic E-state index is 13.2. The van der Waals surface area contributed by atoms with E-state index in [-0.39, 0.29) is 15.5 Å². The Kier molecular flexibility index (Phi) is 5.68. The Morgan fingerprint density at radius 1 is 0.939 bits per heavy atom. The van der Waals surface area contributed by atoms with E-state index in [1.165, 1.54) is 36.0 Å². The number of methoxy groups -OCH3 is 1. The van der Waals surface area contributed by atoms with Crippen molar-refractivity contribution in [2.45, 2.75) is 30.6 Å². The van der Waals surface area contributed by atoms with E-state index in [2.05, 4.69) is 16.9 Å². The minimum Gasteiger partial charge on any atom is -0.465 e. The van der Waals surface area contributed by atoms with Gasteiger partial charge in [-0.2, -0.15) is 0 Å². The van der Waals surface area contributed by atoms with Crippen molar-refractivity contribution in [1.29, 1.82) is 0 Å². The van der Waals surface area contributed by atoms with Crippen LogP contribution in [-0.4, -0.2) is 21.5 Å². The summed E-state index contributed by atoms with van der Waals surface area (Å²) in [5.74, 6) is -0.569. The number of carbonyl (C=O) groups excluding carboxylic acids is 1. The molecule has 5 nitrogen and oxygen atoms in total. The summed E-state index contributed by atoms with van der Waals surface area (Å²) in [5, 5.41) is 3.85. The first kappa shape index (κ1) is 21.7. The SMILES string of the molecule is COC(=O)c1c(-c2ccc3c(c2)CCCC3)csc1NS(=O)(=O)c1ccc2ccccc2c1. The number of benzene rings is 3. The van der Waals surface area contributed by atoms with Crippen LogP contribution in [-0.2, 0) is 27.6 Å². The number of rotatable bonds is 5. The normalized spacial score (nSPS) is 13.5. The van der Waals surface area contributed by atoms with Gasteiger partial charge in [-0.25, -0.2) is 13.2 Å². The maximum atomic E-state index is 13.2. The number of aryl methyl sites for hydroxylation is 2. The van der Waals surface area contributed by atoms with E-state index in [4.69, 9.17) is 4.74 Å². The Balaban J connectivity index is 1.54. The summed E-state index contributed by atoms with van der Waals surface area (Å²) in [4.78, 5) is 12.9. The standard InChI is InChI=1S/C26H23NO4S2/c1-31-26(28)24-23(21-11-10-17-6-2-4-8-19(17)14-21)16-32-25(24)27-33(29,30)22-13-12-18-7-3-5-9-20(18)15-22/h3,5,7,9-16,27H,2,4,6,8H2,1H3. The van der Waals surface area contributed by atoms with E-state index in [0.29, 0.717) is 5.56 Å². The number of hydrogen-bond donors (Lipinski definition) is 1. The van der Waals surface area contributed by atoms with Crippen LogP contribution in [0.1, 0.15) is 34.3 Å². The predicted octanol–water partition coefficient (Wildman–Crippen LogP) is 6.03. The summed E-state index contributed by atoms with van der Waals surface area (Å²) < 4.78 is 34.0. The van der Waals surface area contributed by atoms with E-state index >= 15 is 0 Å². The molecule has 1 N–H and O–H groups in total. The Hall–Kier alpha value is -3.16. The molecule has 33 heavy (non-hydrogen) atoms. The second-order valence-corrected chi connectivity index (χ2v) is 10.7. The fraction of sp³-hybridized carbons (Fsp3) is 0.192. The second-order valence-electron chi connectivity index (χ2n) is 8.15. The van der Waals surface area contributed by atoms with Crippen molar-refractivity contribution in [3.05, 3.63) is 82.7 Å². The van der Waals surface area contributed by atoms with E-state index in [1.807, 2.05) is 35.7 Å². The molecule has 0 unspecified atom stereocenters. The van der Waals surface area contributed by atoms with Crippen LogP contribution in [0.4, 0.5) is 5.00 Å². The van der Waals surface area contributed by atoms with Crippen LogP contribution in [0.5, 0.6) is 0 Å². The number of ether oxygens (including phenoxy) is 1. The molecule has 0 aliphatic heterocycles. The zero-order valence-corrected chi connectivity index (χ0v) is 19.8. The number of sulfonamides is 1. The number of esters is 1. The predicted molar refractivity (Wildman–Crippen MR) is 132 cm³/mol.